The monoisotopic (exact) mass is 936 g/mol. The molecule has 1 aliphatic carbocycles. The zero-order valence-corrected chi connectivity index (χ0v) is 35.7. The fraction of sp³-hybridized carbons (Fsp3) is 0.545. The third-order valence-corrected chi connectivity index (χ3v) is 13.0. The molecule has 19 heteroatoms. The SMILES string of the molecule is O[C@@H]1[C@@H](O)[C@H](O[C@@H]2[C@@H](O)[C@H](O[C@@H]3[C@@H](O)[C@H](OC4CC=CC4)O[C@@H]4CO[C@@H](c5ccc(Cl)cc5)O[C@@H]34)O[C@@H]3CO[C@@H](c4ccc(Cl)cc4)O[C@@H]23)O[C@@H]2CO[C@@H](c3ccc(Cl)cc3)O[C@@H]12. The molecular formula is C44H47Cl3O16. The fourth-order valence-electron chi connectivity index (χ4n) is 8.92. The number of halogens is 3. The highest BCUT2D eigenvalue weighted by Crippen LogP contribution is 2.42. The molecule has 0 saturated carbocycles. The lowest BCUT2D eigenvalue weighted by atomic mass is 9.94. The molecule has 0 unspecified atom stereocenters. The van der Waals surface area contributed by atoms with Gasteiger partial charge >= 0.3 is 0 Å². The molecule has 6 aliphatic heterocycles. The molecule has 6 saturated heterocycles. The van der Waals surface area contributed by atoms with Crippen LogP contribution in [0.2, 0.25) is 15.1 Å². The van der Waals surface area contributed by atoms with Crippen molar-refractivity contribution < 1.29 is 77.3 Å². The van der Waals surface area contributed by atoms with Crippen LogP contribution in [0.4, 0.5) is 0 Å². The average Bonchev–Trinajstić information content (AvgIpc) is 3.82. The van der Waals surface area contributed by atoms with Gasteiger partial charge in [0.25, 0.3) is 0 Å². The van der Waals surface area contributed by atoms with E-state index in [1.54, 1.807) is 72.8 Å². The molecule has 0 aromatic heterocycles. The van der Waals surface area contributed by atoms with E-state index in [-0.39, 0.29) is 25.9 Å². The highest BCUT2D eigenvalue weighted by molar-refractivity contribution is 6.31. The zero-order chi connectivity index (χ0) is 43.4. The van der Waals surface area contributed by atoms with E-state index in [1.807, 2.05) is 12.2 Å². The Labute approximate surface area is 377 Å². The van der Waals surface area contributed by atoms with Gasteiger partial charge in [0, 0.05) is 31.8 Å². The Morgan fingerprint density at radius 3 is 1.17 bits per heavy atom. The van der Waals surface area contributed by atoms with Crippen molar-refractivity contribution in [2.24, 2.45) is 0 Å². The van der Waals surface area contributed by atoms with Crippen molar-refractivity contribution in [3.05, 3.63) is 117 Å². The van der Waals surface area contributed by atoms with E-state index in [9.17, 15) is 20.4 Å². The van der Waals surface area contributed by atoms with Gasteiger partial charge in [-0.3, -0.25) is 0 Å². The van der Waals surface area contributed by atoms with Crippen LogP contribution >= 0.6 is 34.8 Å². The Kier molecular flexibility index (Phi) is 13.5. The molecule has 0 amide bonds. The van der Waals surface area contributed by atoms with E-state index in [0.29, 0.717) is 44.6 Å². The van der Waals surface area contributed by atoms with Crippen LogP contribution in [0.3, 0.4) is 0 Å². The van der Waals surface area contributed by atoms with Gasteiger partial charge in [0.05, 0.1) is 25.9 Å². The van der Waals surface area contributed by atoms with E-state index >= 15 is 0 Å². The second-order valence-electron chi connectivity index (χ2n) is 16.4. The Bertz CT molecular complexity index is 2020. The lowest BCUT2D eigenvalue weighted by Crippen LogP contribution is -2.69. The maximum Gasteiger partial charge on any atom is 0.187 e. The number of aliphatic hydroxyl groups excluding tert-OH is 4. The van der Waals surface area contributed by atoms with Crippen molar-refractivity contribution in [2.75, 3.05) is 19.8 Å². The molecule has 10 rings (SSSR count). The first kappa shape index (κ1) is 44.5. The summed E-state index contributed by atoms with van der Waals surface area (Å²) >= 11 is 18.4. The summed E-state index contributed by atoms with van der Waals surface area (Å²) in [6, 6.07) is 20.7. The number of fused-ring (bicyclic) bond motifs is 3. The summed E-state index contributed by atoms with van der Waals surface area (Å²) < 4.78 is 75.4. The Morgan fingerprint density at radius 2 is 0.762 bits per heavy atom. The Balaban J connectivity index is 0.911. The van der Waals surface area contributed by atoms with Crippen LogP contribution in [-0.4, -0.2) is 138 Å². The first-order valence-electron chi connectivity index (χ1n) is 20.9. The van der Waals surface area contributed by atoms with Crippen molar-refractivity contribution in [1.29, 1.82) is 0 Å². The highest BCUT2D eigenvalue weighted by Gasteiger charge is 2.58. The number of aliphatic hydroxyl groups is 4. The third-order valence-electron chi connectivity index (χ3n) is 12.2. The molecule has 0 bridgehead atoms. The average molecular weight is 938 g/mol. The third kappa shape index (κ3) is 9.34. The van der Waals surface area contributed by atoms with Crippen molar-refractivity contribution in [3.8, 4) is 0 Å². The second-order valence-corrected chi connectivity index (χ2v) is 17.8. The predicted octanol–water partition coefficient (Wildman–Crippen LogP) is 4.41. The summed E-state index contributed by atoms with van der Waals surface area (Å²) in [4.78, 5) is 0. The number of ether oxygens (including phenoxy) is 12. The van der Waals surface area contributed by atoms with Crippen LogP contribution in [0.25, 0.3) is 0 Å². The van der Waals surface area contributed by atoms with E-state index in [1.165, 1.54) is 0 Å². The summed E-state index contributed by atoms with van der Waals surface area (Å²) in [5.41, 5.74) is 1.96. The van der Waals surface area contributed by atoms with E-state index < -0.39 is 111 Å². The van der Waals surface area contributed by atoms with Crippen molar-refractivity contribution in [3.63, 3.8) is 0 Å². The van der Waals surface area contributed by atoms with Gasteiger partial charge in [-0.05, 0) is 49.2 Å². The number of rotatable bonds is 9. The van der Waals surface area contributed by atoms with Crippen molar-refractivity contribution >= 4 is 34.8 Å². The minimum atomic E-state index is -1.66. The summed E-state index contributed by atoms with van der Waals surface area (Å²) in [7, 11) is 0. The number of hydrogen-bond acceptors (Lipinski definition) is 16. The largest absolute Gasteiger partial charge is 0.387 e. The van der Waals surface area contributed by atoms with Gasteiger partial charge < -0.3 is 77.3 Å². The van der Waals surface area contributed by atoms with Crippen molar-refractivity contribution in [2.45, 2.75) is 130 Å². The van der Waals surface area contributed by atoms with Gasteiger partial charge in [-0.15, -0.1) is 0 Å². The molecule has 0 radical (unpaired) electrons. The molecule has 7 aliphatic rings. The van der Waals surface area contributed by atoms with Crippen LogP contribution in [0.15, 0.2) is 84.9 Å². The van der Waals surface area contributed by atoms with Crippen LogP contribution in [0.1, 0.15) is 48.4 Å². The highest BCUT2D eigenvalue weighted by atomic mass is 35.5. The molecule has 6 fully saturated rings. The lowest BCUT2D eigenvalue weighted by Gasteiger charge is -2.52. The summed E-state index contributed by atoms with van der Waals surface area (Å²) in [5, 5.41) is 48.9. The van der Waals surface area contributed by atoms with E-state index in [0.717, 1.165) is 0 Å². The molecule has 3 aromatic rings. The molecule has 340 valence electrons. The van der Waals surface area contributed by atoms with Crippen LogP contribution in [0.5, 0.6) is 0 Å². The van der Waals surface area contributed by atoms with Crippen LogP contribution in [0, 0.1) is 0 Å². The quantitative estimate of drug-likeness (QED) is 0.221. The summed E-state index contributed by atoms with van der Waals surface area (Å²) in [5.74, 6) is 0. The van der Waals surface area contributed by atoms with Crippen LogP contribution in [-0.2, 0) is 56.8 Å². The molecule has 3 aromatic carbocycles. The molecular weight excluding hydrogens is 891 g/mol. The number of benzene rings is 3. The minimum Gasteiger partial charge on any atom is -0.387 e. The summed E-state index contributed by atoms with van der Waals surface area (Å²) in [6.45, 7) is -0.0179. The smallest absolute Gasteiger partial charge is 0.187 e. The molecule has 63 heavy (non-hydrogen) atoms. The van der Waals surface area contributed by atoms with Gasteiger partial charge in [-0.1, -0.05) is 83.4 Å². The fourth-order valence-corrected chi connectivity index (χ4v) is 9.30. The van der Waals surface area contributed by atoms with E-state index in [2.05, 4.69) is 0 Å². The van der Waals surface area contributed by atoms with Gasteiger partial charge in [0.1, 0.15) is 73.2 Å². The topological polar surface area (TPSA) is 192 Å². The lowest BCUT2D eigenvalue weighted by molar-refractivity contribution is -0.422. The van der Waals surface area contributed by atoms with Gasteiger partial charge in [-0.25, -0.2) is 0 Å². The van der Waals surface area contributed by atoms with Gasteiger partial charge in [0.15, 0.2) is 37.7 Å². The normalized spacial score (nSPS) is 41.7. The second kappa shape index (κ2) is 19.1. The van der Waals surface area contributed by atoms with Gasteiger partial charge in [0.2, 0.25) is 0 Å². The first-order valence-corrected chi connectivity index (χ1v) is 22.1. The zero-order valence-electron chi connectivity index (χ0n) is 33.4. The maximum atomic E-state index is 12.3. The number of hydrogen-bond donors (Lipinski definition) is 4. The molecule has 4 N–H and O–H groups in total. The standard InChI is InChI=1S/C44H47Cl3O16/c45-23-11-5-20(6-12-23)39-52-17-27-34(59-39)30(48)31(49)42(56-27)62-38-33(51)44(58-29-19-54-41(61-36(29)38)22-9-15-25(47)16-10-22)63-37-32(50)43(55-26-3-1-2-4-26)57-28-18-53-40(60-35(28)37)21-7-13-24(46)14-8-21/h1-2,5-16,26-44,48-51H,3-4,17-19H2/t27-,28-,29-,30-,31-,32-,33-,34-,35-,36-,37-,38-,39-,40-,41-,42+,43-,44+/m1/s1. The predicted molar refractivity (Wildman–Crippen MR) is 218 cm³/mol. The Morgan fingerprint density at radius 1 is 0.413 bits per heavy atom. The molecule has 18 atom stereocenters. The van der Waals surface area contributed by atoms with Crippen molar-refractivity contribution in [1.82, 2.24) is 0 Å². The molecule has 16 nitrogen and oxygen atoms in total. The molecule has 0 spiro atoms. The van der Waals surface area contributed by atoms with Gasteiger partial charge in [-0.2, -0.15) is 0 Å². The minimum absolute atomic E-state index is 0.0240. The van der Waals surface area contributed by atoms with Crippen LogP contribution < -0.4 is 0 Å². The molecule has 6 heterocycles. The first-order chi connectivity index (χ1) is 30.6. The maximum absolute atomic E-state index is 12.3. The Hall–Kier alpha value is -2.37. The summed E-state index contributed by atoms with van der Waals surface area (Å²) in [6.07, 6.45) is -16.2. The van der Waals surface area contributed by atoms with E-state index in [4.69, 9.17) is 91.6 Å².